The Labute approximate surface area is 119 Å². The summed E-state index contributed by atoms with van der Waals surface area (Å²) in [6.45, 7) is 1.94. The maximum Gasteiger partial charge on any atom is 0.309 e. The van der Waals surface area contributed by atoms with Gasteiger partial charge in [0.2, 0.25) is 0 Å². The molecule has 4 aliphatic carbocycles. The second-order valence-corrected chi connectivity index (χ2v) is 7.36. The highest BCUT2D eigenvalue weighted by Crippen LogP contribution is 2.59. The molecule has 1 aromatic heterocycles. The van der Waals surface area contributed by atoms with E-state index in [2.05, 4.69) is 9.55 Å². The van der Waals surface area contributed by atoms with E-state index in [1.54, 1.807) is 0 Å². The lowest BCUT2D eigenvalue weighted by molar-refractivity contribution is -0.136. The Morgan fingerprint density at radius 2 is 1.85 bits per heavy atom. The van der Waals surface area contributed by atoms with E-state index in [-0.39, 0.29) is 12.0 Å². The molecule has 1 N–H and O–H groups in total. The minimum atomic E-state index is -0.750. The van der Waals surface area contributed by atoms with Crippen LogP contribution in [0.2, 0.25) is 0 Å². The SMILES string of the molecule is Cc1ncn(C23CC4CC(CC(C4)C2)C3)c1CC(=O)O. The van der Waals surface area contributed by atoms with Crippen LogP contribution in [0.4, 0.5) is 0 Å². The lowest BCUT2D eigenvalue weighted by Gasteiger charge is -2.57. The highest BCUT2D eigenvalue weighted by Gasteiger charge is 2.52. The van der Waals surface area contributed by atoms with Gasteiger partial charge < -0.3 is 9.67 Å². The van der Waals surface area contributed by atoms with Gasteiger partial charge in [0.1, 0.15) is 0 Å². The van der Waals surface area contributed by atoms with Crippen molar-refractivity contribution in [3.8, 4) is 0 Å². The summed E-state index contributed by atoms with van der Waals surface area (Å²) in [5.74, 6) is 1.84. The molecule has 20 heavy (non-hydrogen) atoms. The first-order valence-corrected chi connectivity index (χ1v) is 7.81. The molecule has 1 heterocycles. The molecule has 0 atom stereocenters. The van der Waals surface area contributed by atoms with Crippen LogP contribution in [0.25, 0.3) is 0 Å². The minimum Gasteiger partial charge on any atom is -0.481 e. The Morgan fingerprint density at radius 3 is 2.35 bits per heavy atom. The van der Waals surface area contributed by atoms with E-state index >= 15 is 0 Å². The van der Waals surface area contributed by atoms with Crippen molar-refractivity contribution in [2.75, 3.05) is 0 Å². The number of carboxylic acids is 1. The Kier molecular flexibility index (Phi) is 2.54. The first-order valence-electron chi connectivity index (χ1n) is 7.81. The van der Waals surface area contributed by atoms with E-state index in [1.807, 2.05) is 13.3 Å². The van der Waals surface area contributed by atoms with Crippen molar-refractivity contribution < 1.29 is 9.90 Å². The van der Waals surface area contributed by atoms with Crippen molar-refractivity contribution in [1.82, 2.24) is 9.55 Å². The summed E-state index contributed by atoms with van der Waals surface area (Å²) in [7, 11) is 0. The second-order valence-electron chi connectivity index (χ2n) is 7.36. The molecule has 4 saturated carbocycles. The van der Waals surface area contributed by atoms with Crippen LogP contribution in [0.15, 0.2) is 6.33 Å². The number of rotatable bonds is 3. The third-order valence-corrected chi connectivity index (χ3v) is 5.91. The van der Waals surface area contributed by atoms with E-state index in [0.29, 0.717) is 0 Å². The van der Waals surface area contributed by atoms with Gasteiger partial charge in [-0.05, 0) is 63.2 Å². The third kappa shape index (κ3) is 1.73. The molecule has 0 aromatic carbocycles. The average Bonchev–Trinajstić information content (AvgIpc) is 2.69. The zero-order chi connectivity index (χ0) is 13.9. The molecule has 4 heteroatoms. The number of imidazole rings is 1. The van der Waals surface area contributed by atoms with E-state index in [9.17, 15) is 9.90 Å². The van der Waals surface area contributed by atoms with E-state index in [4.69, 9.17) is 0 Å². The van der Waals surface area contributed by atoms with Gasteiger partial charge in [-0.3, -0.25) is 4.79 Å². The van der Waals surface area contributed by atoms with Gasteiger partial charge in [-0.15, -0.1) is 0 Å². The highest BCUT2D eigenvalue weighted by molar-refractivity contribution is 5.70. The van der Waals surface area contributed by atoms with Crippen LogP contribution >= 0.6 is 0 Å². The standard InChI is InChI=1S/C16H22N2O2/c1-10-14(5-15(19)20)18(9-17-10)16-6-11-2-12(7-16)4-13(3-11)8-16/h9,11-13H,2-8H2,1H3,(H,19,20). The minimum absolute atomic E-state index is 0.105. The van der Waals surface area contributed by atoms with E-state index in [1.165, 1.54) is 38.5 Å². The van der Waals surface area contributed by atoms with Crippen LogP contribution in [-0.2, 0) is 16.8 Å². The summed E-state index contributed by atoms with van der Waals surface area (Å²) < 4.78 is 2.26. The molecule has 0 radical (unpaired) electrons. The Morgan fingerprint density at radius 1 is 1.30 bits per heavy atom. The molecule has 0 amide bonds. The maximum absolute atomic E-state index is 11.2. The van der Waals surface area contributed by atoms with Gasteiger partial charge in [0.05, 0.1) is 24.1 Å². The highest BCUT2D eigenvalue weighted by atomic mass is 16.4. The molecule has 5 rings (SSSR count). The summed E-state index contributed by atoms with van der Waals surface area (Å²) in [6, 6.07) is 0. The molecule has 0 saturated heterocycles. The zero-order valence-corrected chi connectivity index (χ0v) is 12.0. The van der Waals surface area contributed by atoms with Crippen LogP contribution < -0.4 is 0 Å². The van der Waals surface area contributed by atoms with Gasteiger partial charge in [-0.1, -0.05) is 0 Å². The number of aromatic nitrogens is 2. The van der Waals surface area contributed by atoms with Gasteiger partial charge in [0, 0.05) is 5.54 Å². The number of hydrogen-bond acceptors (Lipinski definition) is 2. The maximum atomic E-state index is 11.2. The van der Waals surface area contributed by atoms with Crippen LogP contribution in [0, 0.1) is 24.7 Å². The largest absolute Gasteiger partial charge is 0.481 e. The van der Waals surface area contributed by atoms with E-state index in [0.717, 1.165) is 29.1 Å². The fraction of sp³-hybridized carbons (Fsp3) is 0.750. The molecule has 4 nitrogen and oxygen atoms in total. The molecular formula is C16H22N2O2. The van der Waals surface area contributed by atoms with Gasteiger partial charge in [0.25, 0.3) is 0 Å². The summed E-state index contributed by atoms with van der Waals surface area (Å²) in [5, 5.41) is 9.17. The molecule has 4 bridgehead atoms. The fourth-order valence-corrected chi connectivity index (χ4v) is 5.59. The van der Waals surface area contributed by atoms with Crippen molar-refractivity contribution >= 4 is 5.97 Å². The summed E-state index contributed by atoms with van der Waals surface area (Å²) in [4.78, 5) is 15.6. The van der Waals surface area contributed by atoms with Crippen LogP contribution in [-0.4, -0.2) is 20.6 Å². The lowest BCUT2D eigenvalue weighted by atomic mass is 9.53. The van der Waals surface area contributed by atoms with Crippen molar-refractivity contribution in [3.05, 3.63) is 17.7 Å². The molecular weight excluding hydrogens is 252 g/mol. The first-order chi connectivity index (χ1) is 9.56. The number of hydrogen-bond donors (Lipinski definition) is 1. The molecule has 0 aliphatic heterocycles. The summed E-state index contributed by atoms with van der Waals surface area (Å²) in [6.07, 6.45) is 9.95. The smallest absolute Gasteiger partial charge is 0.309 e. The monoisotopic (exact) mass is 274 g/mol. The molecule has 0 unspecified atom stereocenters. The number of nitrogens with zero attached hydrogens (tertiary/aromatic N) is 2. The average molecular weight is 274 g/mol. The molecule has 1 aromatic rings. The van der Waals surface area contributed by atoms with Crippen molar-refractivity contribution in [2.24, 2.45) is 17.8 Å². The van der Waals surface area contributed by atoms with Crippen molar-refractivity contribution in [3.63, 3.8) is 0 Å². The third-order valence-electron chi connectivity index (χ3n) is 5.91. The van der Waals surface area contributed by atoms with Gasteiger partial charge in [-0.2, -0.15) is 0 Å². The number of aryl methyl sites for hydroxylation is 1. The fourth-order valence-electron chi connectivity index (χ4n) is 5.59. The summed E-state index contributed by atoms with van der Waals surface area (Å²) >= 11 is 0. The Bertz CT molecular complexity index is 526. The second kappa shape index (κ2) is 4.09. The number of aliphatic carboxylic acids is 1. The topological polar surface area (TPSA) is 55.1 Å². The van der Waals surface area contributed by atoms with Crippen LogP contribution in [0.1, 0.15) is 49.9 Å². The van der Waals surface area contributed by atoms with Gasteiger partial charge >= 0.3 is 5.97 Å². The quantitative estimate of drug-likeness (QED) is 0.922. The molecule has 0 spiro atoms. The van der Waals surface area contributed by atoms with E-state index < -0.39 is 5.97 Å². The lowest BCUT2D eigenvalue weighted by Crippen LogP contribution is -2.52. The van der Waals surface area contributed by atoms with Crippen molar-refractivity contribution in [1.29, 1.82) is 0 Å². The Hall–Kier alpha value is -1.32. The summed E-state index contributed by atoms with van der Waals surface area (Å²) in [5.41, 5.74) is 2.00. The van der Waals surface area contributed by atoms with Crippen LogP contribution in [0.3, 0.4) is 0 Å². The zero-order valence-electron chi connectivity index (χ0n) is 12.0. The molecule has 108 valence electrons. The van der Waals surface area contributed by atoms with Crippen molar-refractivity contribution in [2.45, 2.75) is 57.4 Å². The van der Waals surface area contributed by atoms with Gasteiger partial charge in [-0.25, -0.2) is 4.98 Å². The molecule has 4 aliphatic rings. The Balaban J connectivity index is 1.75. The van der Waals surface area contributed by atoms with Crippen LogP contribution in [0.5, 0.6) is 0 Å². The van der Waals surface area contributed by atoms with Gasteiger partial charge in [0.15, 0.2) is 0 Å². The predicted octanol–water partition coefficient (Wildman–Crippen LogP) is 2.74. The molecule has 4 fully saturated rings. The normalized spacial score (nSPS) is 38.4. The number of carboxylic acid groups (broad SMARTS) is 1. The number of carbonyl (C=O) groups is 1. The predicted molar refractivity (Wildman–Crippen MR) is 74.4 cm³/mol. The first kappa shape index (κ1) is 12.4.